The highest BCUT2D eigenvalue weighted by Crippen LogP contribution is 2.40. The Hall–Kier alpha value is -4.43. The van der Waals surface area contributed by atoms with Gasteiger partial charge in [-0.05, 0) is 74.9 Å². The maximum absolute atomic E-state index is 14.6. The lowest BCUT2D eigenvalue weighted by atomic mass is 9.93. The van der Waals surface area contributed by atoms with E-state index in [1.165, 1.54) is 0 Å². The van der Waals surface area contributed by atoms with E-state index in [0.717, 1.165) is 74.4 Å². The zero-order valence-corrected chi connectivity index (χ0v) is 26.1. The predicted octanol–water partition coefficient (Wildman–Crippen LogP) is 6.39. The first-order chi connectivity index (χ1) is 23.3. The zero-order valence-electron chi connectivity index (χ0n) is 26.1. The van der Waals surface area contributed by atoms with Gasteiger partial charge in [0.15, 0.2) is 5.82 Å². The molecule has 10 nitrogen and oxygen atoms in total. The summed E-state index contributed by atoms with van der Waals surface area (Å²) < 4.78 is 67.6. The van der Waals surface area contributed by atoms with Gasteiger partial charge in [0, 0.05) is 29.8 Å². The highest BCUT2D eigenvalue weighted by Gasteiger charge is 2.35. The van der Waals surface area contributed by atoms with Gasteiger partial charge < -0.3 is 14.0 Å². The summed E-state index contributed by atoms with van der Waals surface area (Å²) in [5.74, 6) is 0.548. The van der Waals surface area contributed by atoms with Gasteiger partial charge in [0.2, 0.25) is 11.7 Å². The van der Waals surface area contributed by atoms with Crippen LogP contribution in [-0.2, 0) is 30.6 Å². The van der Waals surface area contributed by atoms with Crippen LogP contribution < -0.4 is 4.74 Å². The maximum atomic E-state index is 14.6. The summed E-state index contributed by atoms with van der Waals surface area (Å²) in [6, 6.07) is 12.8. The first kappa shape index (κ1) is 30.9. The van der Waals surface area contributed by atoms with Crippen molar-refractivity contribution in [3.05, 3.63) is 82.9 Å². The van der Waals surface area contributed by atoms with Crippen molar-refractivity contribution in [2.45, 2.75) is 75.9 Å². The van der Waals surface area contributed by atoms with E-state index < -0.39 is 12.0 Å². The third-order valence-corrected chi connectivity index (χ3v) is 9.49. The Bertz CT molecular complexity index is 1930. The first-order valence-corrected chi connectivity index (χ1v) is 16.3. The van der Waals surface area contributed by atoms with Crippen LogP contribution in [0.15, 0.2) is 48.7 Å². The number of piperidine rings is 1. The molecule has 2 saturated heterocycles. The van der Waals surface area contributed by atoms with E-state index in [4.69, 9.17) is 19.4 Å². The summed E-state index contributed by atoms with van der Waals surface area (Å²) in [4.78, 5) is 20.0. The van der Waals surface area contributed by atoms with Crippen LogP contribution in [0.5, 0.6) is 5.88 Å². The Morgan fingerprint density at radius 1 is 0.958 bits per heavy atom. The standard InChI is InChI=1S/C34H34F4N8O2/c35-25-14-22(20-4-5-20)6-7-23(25)19-48-31-3-1-2-26(41-31)21-8-11-45(12-9-21)18-30-40-27-15-28(32-42-33(44-43-32)34(36,37)38)39-16-29(27)46(30)17-24-10-13-47-24/h1-3,6-7,14-16,20-21,24H,4-5,8-13,17-19H2,(H,42,43,44). The number of imidazole rings is 1. The molecule has 4 aromatic heterocycles. The number of rotatable bonds is 10. The zero-order chi connectivity index (χ0) is 32.8. The van der Waals surface area contributed by atoms with Crippen LogP contribution in [-0.4, -0.2) is 65.4 Å². The molecule has 1 aromatic carbocycles. The molecule has 8 rings (SSSR count). The second-order valence-electron chi connectivity index (χ2n) is 12.8. The molecular formula is C34H34F4N8O2. The number of benzene rings is 1. The Labute approximate surface area is 273 Å². The molecule has 48 heavy (non-hydrogen) atoms. The van der Waals surface area contributed by atoms with Crippen molar-refractivity contribution in [1.82, 2.24) is 39.6 Å². The molecule has 0 amide bonds. The fourth-order valence-electron chi connectivity index (χ4n) is 6.48. The lowest BCUT2D eigenvalue weighted by Gasteiger charge is -2.32. The van der Waals surface area contributed by atoms with Crippen LogP contribution in [0.3, 0.4) is 0 Å². The van der Waals surface area contributed by atoms with Crippen molar-refractivity contribution in [2.24, 2.45) is 0 Å². The lowest BCUT2D eigenvalue weighted by Crippen LogP contribution is -2.35. The smallest absolute Gasteiger partial charge is 0.451 e. The largest absolute Gasteiger partial charge is 0.473 e. The summed E-state index contributed by atoms with van der Waals surface area (Å²) in [5, 5.41) is 5.66. The van der Waals surface area contributed by atoms with Crippen molar-refractivity contribution >= 4 is 11.0 Å². The minimum Gasteiger partial charge on any atom is -0.473 e. The molecule has 0 radical (unpaired) electrons. The number of hydrogen-bond acceptors (Lipinski definition) is 8. The quantitative estimate of drug-likeness (QED) is 0.172. The van der Waals surface area contributed by atoms with Gasteiger partial charge in [-0.15, -0.1) is 0 Å². The van der Waals surface area contributed by atoms with E-state index in [1.54, 1.807) is 18.3 Å². The topological polar surface area (TPSA) is 107 Å². The van der Waals surface area contributed by atoms with Crippen LogP contribution in [0.4, 0.5) is 17.6 Å². The Morgan fingerprint density at radius 2 is 1.79 bits per heavy atom. The van der Waals surface area contributed by atoms with Crippen LogP contribution in [0, 0.1) is 5.82 Å². The van der Waals surface area contributed by atoms with Gasteiger partial charge in [-0.2, -0.15) is 18.3 Å². The Morgan fingerprint density at radius 3 is 2.50 bits per heavy atom. The molecule has 1 N–H and O–H groups in total. The molecular weight excluding hydrogens is 628 g/mol. The highest BCUT2D eigenvalue weighted by molar-refractivity contribution is 5.78. The molecule has 14 heteroatoms. The van der Waals surface area contributed by atoms with Crippen LogP contribution in [0.1, 0.15) is 72.4 Å². The Kier molecular flexibility index (Phi) is 8.07. The molecule has 1 unspecified atom stereocenters. The fraction of sp³-hybridized carbons (Fsp3) is 0.441. The molecule has 250 valence electrons. The first-order valence-electron chi connectivity index (χ1n) is 16.3. The van der Waals surface area contributed by atoms with Crippen molar-refractivity contribution < 1.29 is 27.0 Å². The monoisotopic (exact) mass is 662 g/mol. The lowest BCUT2D eigenvalue weighted by molar-refractivity contribution is -0.144. The molecule has 3 fully saturated rings. The van der Waals surface area contributed by atoms with E-state index in [-0.39, 0.29) is 36.0 Å². The minimum atomic E-state index is -4.63. The number of pyridine rings is 2. The number of aromatic nitrogens is 7. The van der Waals surface area contributed by atoms with E-state index in [1.807, 2.05) is 35.4 Å². The molecule has 6 heterocycles. The number of fused-ring (bicyclic) bond motifs is 1. The van der Waals surface area contributed by atoms with E-state index in [0.29, 0.717) is 36.0 Å². The van der Waals surface area contributed by atoms with E-state index >= 15 is 0 Å². The van der Waals surface area contributed by atoms with Gasteiger partial charge in [0.05, 0.1) is 36.4 Å². The molecule has 0 spiro atoms. The van der Waals surface area contributed by atoms with Crippen LogP contribution in [0.2, 0.25) is 0 Å². The second kappa shape index (κ2) is 12.5. The molecule has 1 atom stereocenters. The van der Waals surface area contributed by atoms with Gasteiger partial charge in [-0.1, -0.05) is 18.2 Å². The highest BCUT2D eigenvalue weighted by atomic mass is 19.4. The number of H-pyrrole nitrogens is 1. The van der Waals surface area contributed by atoms with Crippen molar-refractivity contribution in [3.8, 4) is 17.4 Å². The normalized spacial score (nSPS) is 19.1. The van der Waals surface area contributed by atoms with Gasteiger partial charge in [0.25, 0.3) is 0 Å². The summed E-state index contributed by atoms with van der Waals surface area (Å²) in [5.41, 5.74) is 4.15. The van der Waals surface area contributed by atoms with E-state index in [2.05, 4.69) is 24.5 Å². The number of aromatic amines is 1. The minimum absolute atomic E-state index is 0.0769. The van der Waals surface area contributed by atoms with Crippen LogP contribution in [0.25, 0.3) is 22.6 Å². The van der Waals surface area contributed by atoms with Gasteiger partial charge in [0.1, 0.15) is 23.9 Å². The Balaban J connectivity index is 0.931. The van der Waals surface area contributed by atoms with Gasteiger partial charge >= 0.3 is 6.18 Å². The molecule has 1 saturated carbocycles. The van der Waals surface area contributed by atoms with Crippen molar-refractivity contribution in [3.63, 3.8) is 0 Å². The number of ether oxygens (including phenoxy) is 2. The maximum Gasteiger partial charge on any atom is 0.451 e. The predicted molar refractivity (Wildman–Crippen MR) is 166 cm³/mol. The number of alkyl halides is 3. The molecule has 3 aliphatic rings. The third-order valence-electron chi connectivity index (χ3n) is 9.49. The van der Waals surface area contributed by atoms with Crippen molar-refractivity contribution in [1.29, 1.82) is 0 Å². The number of nitrogens with zero attached hydrogens (tertiary/aromatic N) is 7. The van der Waals surface area contributed by atoms with Crippen molar-refractivity contribution in [2.75, 3.05) is 19.7 Å². The summed E-state index contributed by atoms with van der Waals surface area (Å²) >= 11 is 0. The van der Waals surface area contributed by atoms with Gasteiger partial charge in [-0.25, -0.2) is 19.3 Å². The molecule has 5 aromatic rings. The SMILES string of the molecule is Fc1cc(C2CC2)ccc1COc1cccc(C2CCN(Cc3nc4cc(-c5n[nH]c(C(F)(F)F)n5)ncc4n3CC3CCO3)CC2)n1. The number of likely N-dealkylation sites (tertiary alicyclic amines) is 1. The van der Waals surface area contributed by atoms with Gasteiger partial charge in [-0.3, -0.25) is 15.0 Å². The summed E-state index contributed by atoms with van der Waals surface area (Å²) in [7, 11) is 0. The number of halogens is 4. The summed E-state index contributed by atoms with van der Waals surface area (Å²) in [6.07, 6.45) is 2.08. The van der Waals surface area contributed by atoms with E-state index in [9.17, 15) is 17.6 Å². The number of nitrogens with one attached hydrogen (secondary N) is 1. The molecule has 0 bridgehead atoms. The average Bonchev–Trinajstić information content (AvgIpc) is 3.68. The fourth-order valence-corrected chi connectivity index (χ4v) is 6.48. The van der Waals surface area contributed by atoms with Crippen LogP contribution >= 0.6 is 0 Å². The average molecular weight is 663 g/mol. The molecule has 1 aliphatic carbocycles. The molecule has 2 aliphatic heterocycles. The number of hydrogen-bond donors (Lipinski definition) is 1. The third kappa shape index (κ3) is 6.50. The second-order valence-corrected chi connectivity index (χ2v) is 12.8. The summed E-state index contributed by atoms with van der Waals surface area (Å²) in [6.45, 7) is 3.74.